The first-order valence-corrected chi connectivity index (χ1v) is 16.2. The second-order valence-corrected chi connectivity index (χ2v) is 12.7. The lowest BCUT2D eigenvalue weighted by molar-refractivity contribution is -0.691. The number of halogens is 20. The molecule has 0 aliphatic rings. The van der Waals surface area contributed by atoms with Crippen LogP contribution in [0.4, 0.5) is 87.8 Å². The minimum absolute atomic E-state index is 0.853. The fourth-order valence-electron chi connectivity index (χ4n) is 6.53. The molecule has 0 unspecified atom stereocenters. The highest BCUT2D eigenvalue weighted by Gasteiger charge is 2.52. The maximum Gasteiger partial charge on any atom is 0.226 e. The van der Waals surface area contributed by atoms with Crippen molar-refractivity contribution >= 4 is 33.6 Å². The number of nitrogens with zero attached hydrogens (tertiary/aromatic N) is 2. The standard InChI is InChI=1S/C24BF20.C14H15N2/c26-5-1(6(27)14(35)21(42)13(5)34)25(2-7(28)15(36)22(43)16(37)8(2)29,3-9(30)17(38)23(44)18(39)10(3)31)4-11(32)19(40)24(45)20(41)12(4)33;1-12(2)14-10-15-8-9-16(14)11-13-6-4-3-5-7-13/h;3-10H,1,11H2,2H3/q-1;+1. The molecule has 6 rings (SSSR count). The van der Waals surface area contributed by atoms with Gasteiger partial charge >= 0.3 is 0 Å². The molecule has 0 amide bonds. The van der Waals surface area contributed by atoms with Crippen LogP contribution in [0.2, 0.25) is 0 Å². The first-order chi connectivity index (χ1) is 28.5. The number of rotatable bonds is 7. The van der Waals surface area contributed by atoms with Gasteiger partial charge in [0.15, 0.2) is 82.5 Å². The van der Waals surface area contributed by atoms with Crippen LogP contribution >= 0.6 is 0 Å². The highest BCUT2D eigenvalue weighted by atomic mass is 19.2. The highest BCUT2D eigenvalue weighted by molar-refractivity contribution is 7.20. The van der Waals surface area contributed by atoms with E-state index in [9.17, 15) is 52.7 Å². The number of hydrogen-bond donors (Lipinski definition) is 0. The van der Waals surface area contributed by atoms with Crippen molar-refractivity contribution in [3.05, 3.63) is 183 Å². The van der Waals surface area contributed by atoms with Gasteiger partial charge in [0.05, 0.1) is 12.4 Å². The Hall–Kier alpha value is -6.42. The summed E-state index contributed by atoms with van der Waals surface area (Å²) in [5.41, 5.74) is -10.9. The molecule has 61 heavy (non-hydrogen) atoms. The highest BCUT2D eigenvalue weighted by Crippen LogP contribution is 2.30. The van der Waals surface area contributed by atoms with Crippen LogP contribution in [0.1, 0.15) is 18.2 Å². The minimum atomic E-state index is -7.22. The average Bonchev–Trinajstić information content (AvgIpc) is 3.24. The zero-order chi connectivity index (χ0) is 45.7. The van der Waals surface area contributed by atoms with Crippen molar-refractivity contribution in [2.75, 3.05) is 0 Å². The molecule has 23 heteroatoms. The molecule has 0 atom stereocenters. The van der Waals surface area contributed by atoms with E-state index < -0.39 is 144 Å². The Bertz CT molecular complexity index is 2380. The van der Waals surface area contributed by atoms with E-state index in [4.69, 9.17) is 0 Å². The van der Waals surface area contributed by atoms with E-state index in [1.807, 2.05) is 25.4 Å². The van der Waals surface area contributed by atoms with Gasteiger partial charge in [0, 0.05) is 11.1 Å². The van der Waals surface area contributed by atoms with Crippen molar-refractivity contribution < 1.29 is 92.4 Å². The molecule has 0 fully saturated rings. The lowest BCUT2D eigenvalue weighted by Crippen LogP contribution is -2.81. The summed E-state index contributed by atoms with van der Waals surface area (Å²) >= 11 is 0. The van der Waals surface area contributed by atoms with Crippen molar-refractivity contribution in [1.29, 1.82) is 0 Å². The smallest absolute Gasteiger partial charge is 0.226 e. The lowest BCUT2D eigenvalue weighted by atomic mass is 9.12. The first kappa shape index (κ1) is 45.7. The summed E-state index contributed by atoms with van der Waals surface area (Å²) in [5, 5.41) is 0. The molecule has 1 aromatic heterocycles. The Morgan fingerprint density at radius 2 is 0.705 bits per heavy atom. The van der Waals surface area contributed by atoms with Crippen molar-refractivity contribution in [3.63, 3.8) is 0 Å². The van der Waals surface area contributed by atoms with Gasteiger partial charge in [0.25, 0.3) is 0 Å². The van der Waals surface area contributed by atoms with Crippen LogP contribution < -0.4 is 26.4 Å². The van der Waals surface area contributed by atoms with Gasteiger partial charge in [-0.2, -0.15) is 4.57 Å². The van der Waals surface area contributed by atoms with Crippen LogP contribution in [0.25, 0.3) is 5.57 Å². The molecule has 5 aromatic carbocycles. The molecule has 0 bridgehead atoms. The van der Waals surface area contributed by atoms with E-state index in [2.05, 4.69) is 40.4 Å². The Morgan fingerprint density at radius 3 is 0.967 bits per heavy atom. The molecule has 0 aliphatic carbocycles. The minimum Gasteiger partial charge on any atom is -0.252 e. The zero-order valence-corrected chi connectivity index (χ0v) is 29.6. The monoisotopic (exact) mass is 890 g/mol. The summed E-state index contributed by atoms with van der Waals surface area (Å²) in [6, 6.07) is 10.4. The summed E-state index contributed by atoms with van der Waals surface area (Å²) in [6.07, 6.45) is -1.58. The molecule has 0 N–H and O–H groups in total. The van der Waals surface area contributed by atoms with Crippen molar-refractivity contribution in [2.24, 2.45) is 0 Å². The molecule has 1 heterocycles. The number of aromatic nitrogens is 2. The second-order valence-electron chi connectivity index (χ2n) is 12.7. The molecule has 320 valence electrons. The zero-order valence-electron chi connectivity index (χ0n) is 29.6. The summed E-state index contributed by atoms with van der Waals surface area (Å²) in [6.45, 7) is 6.82. The van der Waals surface area contributed by atoms with Gasteiger partial charge in [0.1, 0.15) is 52.7 Å². The van der Waals surface area contributed by atoms with E-state index in [-0.39, 0.29) is 0 Å². The van der Waals surface area contributed by atoms with Crippen LogP contribution in [0, 0.1) is 116 Å². The topological polar surface area (TPSA) is 16.8 Å². The largest absolute Gasteiger partial charge is 0.252 e. The molecule has 0 radical (unpaired) electrons. The summed E-state index contributed by atoms with van der Waals surface area (Å²) in [4.78, 5) is 4.13. The van der Waals surface area contributed by atoms with Gasteiger partial charge < -0.3 is 0 Å². The molecule has 0 aliphatic heterocycles. The van der Waals surface area contributed by atoms with E-state index in [0.717, 1.165) is 17.8 Å². The Morgan fingerprint density at radius 1 is 0.443 bits per heavy atom. The number of benzene rings is 5. The summed E-state index contributed by atoms with van der Waals surface area (Å²) in [5.74, 6) is -71.4. The molecule has 6 aromatic rings. The first-order valence-electron chi connectivity index (χ1n) is 16.2. The predicted molar refractivity (Wildman–Crippen MR) is 174 cm³/mol. The van der Waals surface area contributed by atoms with E-state index >= 15 is 35.1 Å². The molecular formula is C38H15BF20N2. The molecular weight excluding hydrogens is 875 g/mol. The fraction of sp³-hybridized carbons (Fsp3) is 0.0526. The predicted octanol–water partition coefficient (Wildman–Crippen LogP) is 8.30. The molecule has 0 saturated heterocycles. The molecule has 0 saturated carbocycles. The van der Waals surface area contributed by atoms with Gasteiger partial charge in [-0.1, -0.05) is 36.9 Å². The van der Waals surface area contributed by atoms with E-state index in [1.165, 1.54) is 5.56 Å². The third kappa shape index (κ3) is 7.21. The van der Waals surface area contributed by atoms with Crippen LogP contribution in [0.5, 0.6) is 0 Å². The maximum absolute atomic E-state index is 15.4. The van der Waals surface area contributed by atoms with Crippen molar-refractivity contribution in [2.45, 2.75) is 13.5 Å². The Kier molecular flexibility index (Phi) is 12.7. The van der Waals surface area contributed by atoms with Gasteiger partial charge in [0.2, 0.25) is 5.69 Å². The van der Waals surface area contributed by atoms with E-state index in [1.54, 1.807) is 6.20 Å². The average molecular weight is 890 g/mol. The van der Waals surface area contributed by atoms with Crippen molar-refractivity contribution in [3.8, 4) is 0 Å². The SMILES string of the molecule is C=C(C)c1cncc[n+]1Cc1ccccc1.Fc1c(F)c(F)c([B-](c2c(F)c(F)c(F)c(F)c2F)(c2c(F)c(F)c(F)c(F)c2F)c2c(F)c(F)c(F)c(F)c2F)c(F)c1F. The second kappa shape index (κ2) is 16.9. The van der Waals surface area contributed by atoms with Crippen LogP contribution in [-0.2, 0) is 6.54 Å². The van der Waals surface area contributed by atoms with E-state index in [0.29, 0.717) is 0 Å². The lowest BCUT2D eigenvalue weighted by Gasteiger charge is -2.44. The summed E-state index contributed by atoms with van der Waals surface area (Å²) < 4.78 is 296. The van der Waals surface area contributed by atoms with Crippen LogP contribution in [-0.4, -0.2) is 11.1 Å². The summed E-state index contributed by atoms with van der Waals surface area (Å²) in [7, 11) is 0. The third-order valence-corrected chi connectivity index (χ3v) is 9.18. The van der Waals surface area contributed by atoms with Gasteiger partial charge in [-0.3, -0.25) is 4.98 Å². The Balaban J connectivity index is 0.000000366. The molecule has 2 nitrogen and oxygen atoms in total. The van der Waals surface area contributed by atoms with Gasteiger partial charge in [-0.25, -0.2) is 87.8 Å². The molecule has 0 spiro atoms. The Labute approximate surface area is 327 Å². The maximum atomic E-state index is 15.4. The van der Waals surface area contributed by atoms with Gasteiger partial charge in [-0.15, -0.1) is 21.9 Å². The van der Waals surface area contributed by atoms with Crippen LogP contribution in [0.15, 0.2) is 55.5 Å². The normalized spacial score (nSPS) is 11.5. The third-order valence-electron chi connectivity index (χ3n) is 9.18. The fourth-order valence-corrected chi connectivity index (χ4v) is 6.53. The van der Waals surface area contributed by atoms with Crippen molar-refractivity contribution in [1.82, 2.24) is 4.98 Å². The van der Waals surface area contributed by atoms with Gasteiger partial charge in [-0.05, 0) is 6.92 Å². The number of allylic oxidation sites excluding steroid dienone is 1. The quantitative estimate of drug-likeness (QED) is 0.0519. The number of hydrogen-bond acceptors (Lipinski definition) is 1. The van der Waals surface area contributed by atoms with Crippen LogP contribution in [0.3, 0.4) is 0 Å².